The summed E-state index contributed by atoms with van der Waals surface area (Å²) in [6.07, 6.45) is 3.15. The summed E-state index contributed by atoms with van der Waals surface area (Å²) in [5, 5.41) is 9.74. The van der Waals surface area contributed by atoms with Crippen molar-refractivity contribution in [3.63, 3.8) is 0 Å². The summed E-state index contributed by atoms with van der Waals surface area (Å²) in [4.78, 5) is 12.1. The molecule has 0 saturated heterocycles. The first-order valence-corrected chi connectivity index (χ1v) is 7.16. The second kappa shape index (κ2) is 6.59. The lowest BCUT2D eigenvalue weighted by Gasteiger charge is -2.04. The Hall–Kier alpha value is -2.07. The molecule has 21 heavy (non-hydrogen) atoms. The second-order valence-electron chi connectivity index (χ2n) is 4.61. The second-order valence-corrected chi connectivity index (χ2v) is 5.47. The molecule has 0 unspecified atom stereocenters. The van der Waals surface area contributed by atoms with Crippen LogP contribution in [0, 0.1) is 6.92 Å². The van der Waals surface area contributed by atoms with Crippen LogP contribution in [0.5, 0.6) is 11.5 Å². The quantitative estimate of drug-likeness (QED) is 0.660. The van der Waals surface area contributed by atoms with E-state index in [-0.39, 0.29) is 11.5 Å². The number of carbonyl (C=O) groups is 1. The predicted molar refractivity (Wildman–Crippen MR) is 86.9 cm³/mol. The van der Waals surface area contributed by atoms with Crippen LogP contribution in [0.15, 0.2) is 46.9 Å². The number of hydrogen-bond acceptors (Lipinski definition) is 3. The zero-order chi connectivity index (χ0) is 15.4. The molecule has 2 aromatic rings. The number of ether oxygens (including phenoxy) is 1. The van der Waals surface area contributed by atoms with Crippen LogP contribution in [0.4, 0.5) is 0 Å². The Morgan fingerprint density at radius 2 is 2.00 bits per heavy atom. The molecule has 0 aromatic heterocycles. The largest absolute Gasteiger partial charge is 0.507 e. The Morgan fingerprint density at radius 1 is 1.24 bits per heavy atom. The van der Waals surface area contributed by atoms with Gasteiger partial charge in [-0.2, -0.15) is 0 Å². The van der Waals surface area contributed by atoms with Crippen LogP contribution >= 0.6 is 15.9 Å². The summed E-state index contributed by atoms with van der Waals surface area (Å²) < 4.78 is 5.97. The molecule has 4 heteroatoms. The first-order chi connectivity index (χ1) is 10.0. The van der Waals surface area contributed by atoms with Gasteiger partial charge >= 0.3 is 0 Å². The van der Waals surface area contributed by atoms with E-state index in [1.807, 2.05) is 25.1 Å². The van der Waals surface area contributed by atoms with Crippen LogP contribution in [-0.2, 0) is 0 Å². The van der Waals surface area contributed by atoms with E-state index in [1.54, 1.807) is 25.3 Å². The lowest BCUT2D eigenvalue weighted by Crippen LogP contribution is -1.95. The van der Waals surface area contributed by atoms with Gasteiger partial charge in [0.2, 0.25) is 0 Å². The topological polar surface area (TPSA) is 46.5 Å². The van der Waals surface area contributed by atoms with Crippen molar-refractivity contribution in [2.75, 3.05) is 7.11 Å². The number of carbonyl (C=O) groups excluding carboxylic acids is 1. The standard InChI is InChI=1S/C17H15BrO3/c1-11-3-6-15(19)13(9-11)16(20)7-4-12-5-8-17(21-2)14(18)10-12/h3-10,19H,1-2H3. The van der Waals surface area contributed by atoms with Gasteiger partial charge in [-0.1, -0.05) is 23.8 Å². The van der Waals surface area contributed by atoms with Gasteiger partial charge in [-0.05, 0) is 58.8 Å². The highest BCUT2D eigenvalue weighted by Crippen LogP contribution is 2.26. The van der Waals surface area contributed by atoms with E-state index in [4.69, 9.17) is 4.74 Å². The maximum absolute atomic E-state index is 12.1. The van der Waals surface area contributed by atoms with E-state index in [0.717, 1.165) is 21.3 Å². The number of halogens is 1. The third-order valence-electron chi connectivity index (χ3n) is 3.02. The highest BCUT2D eigenvalue weighted by molar-refractivity contribution is 9.10. The molecule has 0 aliphatic heterocycles. The molecular weight excluding hydrogens is 332 g/mol. The molecule has 0 heterocycles. The molecular formula is C17H15BrO3. The number of allylic oxidation sites excluding steroid dienone is 1. The van der Waals surface area contributed by atoms with Crippen molar-refractivity contribution < 1.29 is 14.6 Å². The first kappa shape index (κ1) is 15.3. The van der Waals surface area contributed by atoms with Gasteiger partial charge in [-0.3, -0.25) is 4.79 Å². The molecule has 0 radical (unpaired) electrons. The van der Waals surface area contributed by atoms with Crippen LogP contribution < -0.4 is 4.74 Å². The van der Waals surface area contributed by atoms with Crippen LogP contribution in [-0.4, -0.2) is 18.0 Å². The molecule has 0 amide bonds. The Kier molecular flexibility index (Phi) is 4.81. The molecule has 0 fully saturated rings. The third-order valence-corrected chi connectivity index (χ3v) is 3.64. The molecule has 2 aromatic carbocycles. The number of ketones is 1. The summed E-state index contributed by atoms with van der Waals surface area (Å²) in [6, 6.07) is 10.5. The number of benzene rings is 2. The lowest BCUT2D eigenvalue weighted by molar-refractivity contribution is 0.104. The van der Waals surface area contributed by atoms with Gasteiger partial charge in [-0.25, -0.2) is 0 Å². The Bertz CT molecular complexity index is 705. The minimum Gasteiger partial charge on any atom is -0.507 e. The van der Waals surface area contributed by atoms with E-state index in [1.165, 1.54) is 12.1 Å². The van der Waals surface area contributed by atoms with E-state index in [9.17, 15) is 9.90 Å². The number of methoxy groups -OCH3 is 1. The average molecular weight is 347 g/mol. The minimum absolute atomic E-state index is 0.00818. The highest BCUT2D eigenvalue weighted by Gasteiger charge is 2.08. The zero-order valence-corrected chi connectivity index (χ0v) is 13.3. The van der Waals surface area contributed by atoms with Crippen molar-refractivity contribution in [3.8, 4) is 11.5 Å². The van der Waals surface area contributed by atoms with E-state index >= 15 is 0 Å². The van der Waals surface area contributed by atoms with Gasteiger partial charge in [-0.15, -0.1) is 0 Å². The fourth-order valence-corrected chi connectivity index (χ4v) is 2.45. The Morgan fingerprint density at radius 3 is 2.67 bits per heavy atom. The monoisotopic (exact) mass is 346 g/mol. The normalized spacial score (nSPS) is 10.8. The summed E-state index contributed by atoms with van der Waals surface area (Å²) in [5.74, 6) is 0.490. The van der Waals surface area contributed by atoms with Crippen LogP contribution in [0.25, 0.3) is 6.08 Å². The van der Waals surface area contributed by atoms with Gasteiger partial charge in [0.25, 0.3) is 0 Å². The Labute approximate surface area is 132 Å². The average Bonchev–Trinajstić information content (AvgIpc) is 2.47. The van der Waals surface area contributed by atoms with E-state index in [2.05, 4.69) is 15.9 Å². The maximum atomic E-state index is 12.1. The summed E-state index contributed by atoms with van der Waals surface area (Å²) in [6.45, 7) is 1.88. The van der Waals surface area contributed by atoms with Gasteiger partial charge in [0.15, 0.2) is 5.78 Å². The molecule has 1 N–H and O–H groups in total. The molecule has 108 valence electrons. The predicted octanol–water partition coefficient (Wildman–Crippen LogP) is 4.37. The van der Waals surface area contributed by atoms with E-state index < -0.39 is 0 Å². The number of phenols is 1. The SMILES string of the molecule is COc1ccc(C=CC(=O)c2cc(C)ccc2O)cc1Br. The maximum Gasteiger partial charge on any atom is 0.189 e. The molecule has 0 aliphatic carbocycles. The number of aromatic hydroxyl groups is 1. The third kappa shape index (κ3) is 3.73. The molecule has 0 atom stereocenters. The van der Waals surface area contributed by atoms with Crippen molar-refractivity contribution in [3.05, 3.63) is 63.6 Å². The smallest absolute Gasteiger partial charge is 0.189 e. The lowest BCUT2D eigenvalue weighted by atomic mass is 10.1. The highest BCUT2D eigenvalue weighted by atomic mass is 79.9. The van der Waals surface area contributed by atoms with Crippen molar-refractivity contribution >= 4 is 27.8 Å². The van der Waals surface area contributed by atoms with Crippen LogP contribution in [0.2, 0.25) is 0 Å². The van der Waals surface area contributed by atoms with Gasteiger partial charge in [0.1, 0.15) is 11.5 Å². The van der Waals surface area contributed by atoms with Gasteiger partial charge in [0.05, 0.1) is 17.1 Å². The zero-order valence-electron chi connectivity index (χ0n) is 11.8. The number of aryl methyl sites for hydroxylation is 1. The van der Waals surface area contributed by atoms with E-state index in [0.29, 0.717) is 5.56 Å². The summed E-state index contributed by atoms with van der Waals surface area (Å²) in [5.41, 5.74) is 2.10. The summed E-state index contributed by atoms with van der Waals surface area (Å²) in [7, 11) is 1.60. The Balaban J connectivity index is 2.22. The van der Waals surface area contributed by atoms with Crippen molar-refractivity contribution in [1.82, 2.24) is 0 Å². The van der Waals surface area contributed by atoms with Crippen LogP contribution in [0.3, 0.4) is 0 Å². The van der Waals surface area contributed by atoms with Crippen LogP contribution in [0.1, 0.15) is 21.5 Å². The molecule has 0 spiro atoms. The minimum atomic E-state index is -0.233. The van der Waals surface area contributed by atoms with Crippen molar-refractivity contribution in [2.24, 2.45) is 0 Å². The number of hydrogen-bond donors (Lipinski definition) is 1. The summed E-state index contributed by atoms with van der Waals surface area (Å²) >= 11 is 3.40. The fourth-order valence-electron chi connectivity index (χ4n) is 1.90. The molecule has 2 rings (SSSR count). The number of phenolic OH excluding ortho intramolecular Hbond substituents is 1. The molecule has 0 aliphatic rings. The van der Waals surface area contributed by atoms with Gasteiger partial charge in [0, 0.05) is 0 Å². The molecule has 0 saturated carbocycles. The molecule has 3 nitrogen and oxygen atoms in total. The van der Waals surface area contributed by atoms with Gasteiger partial charge < -0.3 is 9.84 Å². The first-order valence-electron chi connectivity index (χ1n) is 6.37. The fraction of sp³-hybridized carbons (Fsp3) is 0.118. The number of rotatable bonds is 4. The van der Waals surface area contributed by atoms with Crippen molar-refractivity contribution in [1.29, 1.82) is 0 Å². The molecule has 0 bridgehead atoms. The van der Waals surface area contributed by atoms with Crippen molar-refractivity contribution in [2.45, 2.75) is 6.92 Å².